The fourth-order valence-electron chi connectivity index (χ4n) is 1.14. The first-order valence-corrected chi connectivity index (χ1v) is 4.48. The predicted octanol–water partition coefficient (Wildman–Crippen LogP) is 0.866. The fourth-order valence-corrected chi connectivity index (χ4v) is 1.14. The van der Waals surface area contributed by atoms with Crippen molar-refractivity contribution >= 4 is 0 Å². The van der Waals surface area contributed by atoms with E-state index in [9.17, 15) is 0 Å². The van der Waals surface area contributed by atoms with Crippen LogP contribution in [0.2, 0.25) is 0 Å². The number of nitrogens with zero attached hydrogens (tertiary/aromatic N) is 2. The lowest BCUT2D eigenvalue weighted by Crippen LogP contribution is -1.98. The Morgan fingerprint density at radius 2 is 2.08 bits per heavy atom. The van der Waals surface area contributed by atoms with Crippen molar-refractivity contribution in [1.29, 1.82) is 0 Å². The van der Waals surface area contributed by atoms with Gasteiger partial charge in [0.05, 0.1) is 0 Å². The lowest BCUT2D eigenvalue weighted by Gasteiger charge is -1.96. The zero-order valence-corrected chi connectivity index (χ0v) is 7.29. The van der Waals surface area contributed by atoms with Crippen molar-refractivity contribution in [3.8, 4) is 0 Å². The molecule has 68 valence electrons. The highest BCUT2D eigenvalue weighted by molar-refractivity contribution is 4.79. The van der Waals surface area contributed by atoms with Gasteiger partial charge >= 0.3 is 0 Å². The van der Waals surface area contributed by atoms with Crippen molar-refractivity contribution in [2.45, 2.75) is 32.1 Å². The number of aromatic nitrogens is 3. The van der Waals surface area contributed by atoms with Crippen LogP contribution in [-0.4, -0.2) is 21.7 Å². The maximum Gasteiger partial charge on any atom is 0.137 e. The molecule has 0 fully saturated rings. The Morgan fingerprint density at radius 3 is 2.75 bits per heavy atom. The lowest BCUT2D eigenvalue weighted by molar-refractivity contribution is 0.636. The summed E-state index contributed by atoms with van der Waals surface area (Å²) in [5.41, 5.74) is 5.38. The first-order chi connectivity index (χ1) is 5.93. The number of aromatic amines is 1. The Hall–Kier alpha value is -0.900. The van der Waals surface area contributed by atoms with Gasteiger partial charge in [-0.2, -0.15) is 5.10 Å². The molecule has 0 spiro atoms. The molecular weight excluding hydrogens is 152 g/mol. The first-order valence-electron chi connectivity index (χ1n) is 4.48. The molecule has 0 saturated heterocycles. The fraction of sp³-hybridized carbons (Fsp3) is 0.750. The van der Waals surface area contributed by atoms with E-state index in [-0.39, 0.29) is 0 Å². The lowest BCUT2D eigenvalue weighted by atomic mass is 10.1. The van der Waals surface area contributed by atoms with Crippen molar-refractivity contribution < 1.29 is 0 Å². The van der Waals surface area contributed by atoms with Crippen molar-refractivity contribution in [1.82, 2.24) is 15.2 Å². The van der Waals surface area contributed by atoms with Crippen LogP contribution in [0.15, 0.2) is 6.33 Å². The quantitative estimate of drug-likeness (QED) is 0.619. The molecule has 4 nitrogen and oxygen atoms in total. The second-order valence-electron chi connectivity index (χ2n) is 2.89. The Kier molecular flexibility index (Phi) is 4.37. The molecule has 0 aliphatic rings. The van der Waals surface area contributed by atoms with Gasteiger partial charge in [0, 0.05) is 6.42 Å². The van der Waals surface area contributed by atoms with E-state index >= 15 is 0 Å². The molecule has 0 aromatic carbocycles. The number of rotatable bonds is 6. The molecule has 0 radical (unpaired) electrons. The molecule has 0 aliphatic carbocycles. The van der Waals surface area contributed by atoms with E-state index < -0.39 is 0 Å². The summed E-state index contributed by atoms with van der Waals surface area (Å²) in [6, 6.07) is 0. The van der Waals surface area contributed by atoms with E-state index in [0.717, 1.165) is 25.2 Å². The minimum Gasteiger partial charge on any atom is -0.330 e. The number of nitrogens with two attached hydrogens (primary N) is 1. The van der Waals surface area contributed by atoms with Gasteiger partial charge in [-0.15, -0.1) is 0 Å². The van der Waals surface area contributed by atoms with Crippen LogP contribution in [0.25, 0.3) is 0 Å². The van der Waals surface area contributed by atoms with Crippen molar-refractivity contribution in [3.63, 3.8) is 0 Å². The molecule has 1 aromatic heterocycles. The van der Waals surface area contributed by atoms with Gasteiger partial charge in [-0.05, 0) is 19.4 Å². The van der Waals surface area contributed by atoms with E-state index in [0.29, 0.717) is 0 Å². The molecule has 0 saturated carbocycles. The molecule has 0 unspecified atom stereocenters. The predicted molar refractivity (Wildman–Crippen MR) is 47.6 cm³/mol. The highest BCUT2D eigenvalue weighted by Gasteiger charge is 1.94. The molecule has 0 atom stereocenters. The molecule has 4 heteroatoms. The number of nitrogens with one attached hydrogen (secondary N) is 1. The highest BCUT2D eigenvalue weighted by Crippen LogP contribution is 2.02. The molecule has 1 heterocycles. The monoisotopic (exact) mass is 168 g/mol. The second kappa shape index (κ2) is 5.71. The summed E-state index contributed by atoms with van der Waals surface area (Å²) in [5, 5.41) is 6.62. The Balaban J connectivity index is 1.96. The number of unbranched alkanes of at least 4 members (excludes halogenated alkanes) is 3. The van der Waals surface area contributed by atoms with E-state index in [1.54, 1.807) is 6.33 Å². The van der Waals surface area contributed by atoms with E-state index in [1.807, 2.05) is 0 Å². The average Bonchev–Trinajstić information content (AvgIpc) is 2.57. The maximum absolute atomic E-state index is 5.38. The summed E-state index contributed by atoms with van der Waals surface area (Å²) < 4.78 is 0. The summed E-state index contributed by atoms with van der Waals surface area (Å²) >= 11 is 0. The third-order valence-electron chi connectivity index (χ3n) is 1.83. The van der Waals surface area contributed by atoms with Crippen LogP contribution in [0, 0.1) is 0 Å². The summed E-state index contributed by atoms with van der Waals surface area (Å²) in [5.74, 6) is 0.989. The Labute approximate surface area is 72.6 Å². The number of H-pyrrole nitrogens is 1. The molecular formula is C8H16N4. The van der Waals surface area contributed by atoms with Crippen molar-refractivity contribution in [2.24, 2.45) is 5.73 Å². The second-order valence-corrected chi connectivity index (χ2v) is 2.89. The van der Waals surface area contributed by atoms with E-state index in [1.165, 1.54) is 19.3 Å². The van der Waals surface area contributed by atoms with Crippen LogP contribution in [0.5, 0.6) is 0 Å². The Bertz CT molecular complexity index is 183. The molecule has 0 amide bonds. The van der Waals surface area contributed by atoms with Gasteiger partial charge in [-0.25, -0.2) is 4.98 Å². The van der Waals surface area contributed by atoms with Crippen LogP contribution in [0.3, 0.4) is 0 Å². The number of hydrogen-bond donors (Lipinski definition) is 2. The third-order valence-corrected chi connectivity index (χ3v) is 1.83. The summed E-state index contributed by atoms with van der Waals surface area (Å²) in [6.45, 7) is 0.808. The molecule has 3 N–H and O–H groups in total. The van der Waals surface area contributed by atoms with Gasteiger partial charge in [0.25, 0.3) is 0 Å². The van der Waals surface area contributed by atoms with Gasteiger partial charge in [0.2, 0.25) is 0 Å². The number of hydrogen-bond acceptors (Lipinski definition) is 3. The standard InChI is InChI=1S/C8H16N4/c9-6-4-2-1-3-5-8-10-7-11-12-8/h7H,1-6,9H2,(H,10,11,12). The smallest absolute Gasteiger partial charge is 0.137 e. The van der Waals surface area contributed by atoms with Gasteiger partial charge in [-0.3, -0.25) is 5.10 Å². The minimum absolute atomic E-state index is 0.808. The molecule has 1 rings (SSSR count). The van der Waals surface area contributed by atoms with Crippen LogP contribution in [0.4, 0.5) is 0 Å². The van der Waals surface area contributed by atoms with Gasteiger partial charge < -0.3 is 5.73 Å². The molecule has 12 heavy (non-hydrogen) atoms. The van der Waals surface area contributed by atoms with Crippen molar-refractivity contribution in [3.05, 3.63) is 12.2 Å². The normalized spacial score (nSPS) is 10.4. The van der Waals surface area contributed by atoms with Crippen molar-refractivity contribution in [2.75, 3.05) is 6.54 Å². The summed E-state index contributed by atoms with van der Waals surface area (Å²) in [7, 11) is 0. The third kappa shape index (κ3) is 3.48. The van der Waals surface area contributed by atoms with Gasteiger partial charge in [-0.1, -0.05) is 12.8 Å². The van der Waals surface area contributed by atoms with E-state index in [4.69, 9.17) is 5.73 Å². The summed E-state index contributed by atoms with van der Waals surface area (Å²) in [6.07, 6.45) is 7.33. The average molecular weight is 168 g/mol. The maximum atomic E-state index is 5.38. The SMILES string of the molecule is NCCCCCCc1ncn[nH]1. The van der Waals surface area contributed by atoms with Crippen LogP contribution >= 0.6 is 0 Å². The molecule has 1 aromatic rings. The van der Waals surface area contributed by atoms with Gasteiger partial charge in [0.1, 0.15) is 12.2 Å². The summed E-state index contributed by atoms with van der Waals surface area (Å²) in [4.78, 5) is 4.04. The molecule has 0 aliphatic heterocycles. The molecule has 0 bridgehead atoms. The zero-order chi connectivity index (χ0) is 8.65. The van der Waals surface area contributed by atoms with Crippen LogP contribution < -0.4 is 5.73 Å². The minimum atomic E-state index is 0.808. The van der Waals surface area contributed by atoms with Crippen LogP contribution in [0.1, 0.15) is 31.5 Å². The topological polar surface area (TPSA) is 67.6 Å². The highest BCUT2D eigenvalue weighted by atomic mass is 15.2. The largest absolute Gasteiger partial charge is 0.330 e. The zero-order valence-electron chi connectivity index (χ0n) is 7.29. The Morgan fingerprint density at radius 1 is 1.25 bits per heavy atom. The first kappa shape index (κ1) is 9.19. The van der Waals surface area contributed by atoms with Gasteiger partial charge in [0.15, 0.2) is 0 Å². The number of aryl methyl sites for hydroxylation is 1. The van der Waals surface area contributed by atoms with E-state index in [2.05, 4.69) is 15.2 Å². The van der Waals surface area contributed by atoms with Crippen LogP contribution in [-0.2, 0) is 6.42 Å².